The van der Waals surface area contributed by atoms with Gasteiger partial charge >= 0.3 is 6.03 Å². The van der Waals surface area contributed by atoms with Crippen LogP contribution in [0.1, 0.15) is 21.7 Å². The quantitative estimate of drug-likeness (QED) is 0.299. The van der Waals surface area contributed by atoms with Gasteiger partial charge in [0.15, 0.2) is 0 Å². The van der Waals surface area contributed by atoms with Crippen LogP contribution >= 0.6 is 23.1 Å². The number of H-pyrrole nitrogens is 1. The number of hydrogen-bond acceptors (Lipinski definition) is 5. The molecule has 0 radical (unpaired) electrons. The summed E-state index contributed by atoms with van der Waals surface area (Å²) in [5.74, 6) is 1.92. The fourth-order valence-electron chi connectivity index (χ4n) is 4.08. The number of nitrogens with one attached hydrogen (secondary N) is 3. The van der Waals surface area contributed by atoms with Gasteiger partial charge in [-0.15, -0.1) is 11.3 Å². The number of rotatable bonds is 6. The summed E-state index contributed by atoms with van der Waals surface area (Å²) in [6.45, 7) is 3.52. The van der Waals surface area contributed by atoms with Crippen LogP contribution in [0, 0.1) is 6.92 Å². The van der Waals surface area contributed by atoms with E-state index in [2.05, 4.69) is 20.8 Å². The average Bonchev–Trinajstić information content (AvgIpc) is 3.53. The zero-order valence-electron chi connectivity index (χ0n) is 19.9. The standard InChI is InChI=1S/C27H27N5O2S2/c1-18-14-25-22(17-24(18)29-26(33)16-21-6-3-11-36-21)23(30-31-25)8-7-19-4-2-5-20(15-19)28-27(34)32-9-12-35-13-10-32/h2-8,11,14-15,17H,9-10,12-13,16H2,1H3,(H,28,34)(H,29,33)(H,30,31). The molecule has 4 aromatic rings. The van der Waals surface area contributed by atoms with Crippen molar-refractivity contribution in [1.82, 2.24) is 15.1 Å². The number of fused-ring (bicyclic) bond motifs is 1. The normalized spacial score (nSPS) is 13.9. The third-order valence-corrected chi connectivity index (χ3v) is 7.81. The molecule has 2 aromatic carbocycles. The van der Waals surface area contributed by atoms with Crippen LogP contribution in [0.15, 0.2) is 53.9 Å². The van der Waals surface area contributed by atoms with Crippen molar-refractivity contribution in [3.8, 4) is 0 Å². The van der Waals surface area contributed by atoms with Gasteiger partial charge < -0.3 is 15.5 Å². The SMILES string of the molecule is Cc1cc2[nH]nc(C=Cc3cccc(NC(=O)N4CCSCC4)c3)c2cc1NC(=O)Cc1cccs1. The molecular formula is C27H27N5O2S2. The number of carbonyl (C=O) groups is 2. The topological polar surface area (TPSA) is 90.1 Å². The van der Waals surface area contributed by atoms with Gasteiger partial charge in [-0.25, -0.2) is 4.79 Å². The van der Waals surface area contributed by atoms with Crippen LogP contribution in [0.3, 0.4) is 0 Å². The van der Waals surface area contributed by atoms with E-state index in [0.717, 1.165) is 68.6 Å². The Morgan fingerprint density at radius 1 is 1.08 bits per heavy atom. The molecule has 1 saturated heterocycles. The number of benzene rings is 2. The second-order valence-corrected chi connectivity index (χ2v) is 10.9. The van der Waals surface area contributed by atoms with Crippen molar-refractivity contribution in [3.63, 3.8) is 0 Å². The van der Waals surface area contributed by atoms with Crippen LogP contribution < -0.4 is 10.6 Å². The fourth-order valence-corrected chi connectivity index (χ4v) is 5.69. The van der Waals surface area contributed by atoms with Crippen molar-refractivity contribution >= 4 is 69.5 Å². The smallest absolute Gasteiger partial charge is 0.321 e. The molecule has 36 heavy (non-hydrogen) atoms. The van der Waals surface area contributed by atoms with Gasteiger partial charge in [0.1, 0.15) is 0 Å². The maximum absolute atomic E-state index is 12.5. The molecular weight excluding hydrogens is 490 g/mol. The first-order valence-electron chi connectivity index (χ1n) is 11.8. The maximum atomic E-state index is 12.5. The predicted molar refractivity (Wildman–Crippen MR) is 151 cm³/mol. The molecule has 3 amide bonds. The molecule has 0 atom stereocenters. The minimum absolute atomic E-state index is 0.0392. The molecule has 7 nitrogen and oxygen atoms in total. The van der Waals surface area contributed by atoms with Crippen LogP contribution in [-0.4, -0.2) is 51.6 Å². The number of nitrogens with zero attached hydrogens (tertiary/aromatic N) is 2. The molecule has 5 rings (SSSR count). The molecule has 3 N–H and O–H groups in total. The highest BCUT2D eigenvalue weighted by Crippen LogP contribution is 2.26. The molecule has 184 valence electrons. The van der Waals surface area contributed by atoms with Crippen molar-refractivity contribution in [3.05, 3.63) is 75.6 Å². The Morgan fingerprint density at radius 2 is 1.94 bits per heavy atom. The summed E-state index contributed by atoms with van der Waals surface area (Å²) in [7, 11) is 0. The van der Waals surface area contributed by atoms with Gasteiger partial charge in [0.25, 0.3) is 0 Å². The molecule has 1 fully saturated rings. The highest BCUT2D eigenvalue weighted by molar-refractivity contribution is 7.99. The largest absolute Gasteiger partial charge is 0.326 e. The summed E-state index contributed by atoms with van der Waals surface area (Å²) in [4.78, 5) is 28.0. The lowest BCUT2D eigenvalue weighted by atomic mass is 10.1. The number of carbonyl (C=O) groups excluding carboxylic acids is 2. The molecule has 2 aromatic heterocycles. The molecule has 1 aliphatic rings. The van der Waals surface area contributed by atoms with E-state index in [-0.39, 0.29) is 11.9 Å². The van der Waals surface area contributed by atoms with Crippen molar-refractivity contribution < 1.29 is 9.59 Å². The number of aromatic amines is 1. The van der Waals surface area contributed by atoms with E-state index in [9.17, 15) is 9.59 Å². The maximum Gasteiger partial charge on any atom is 0.321 e. The number of aromatic nitrogens is 2. The Labute approximate surface area is 218 Å². The number of hydrogen-bond donors (Lipinski definition) is 3. The summed E-state index contributed by atoms with van der Waals surface area (Å²) >= 11 is 3.45. The number of amides is 3. The van der Waals surface area contributed by atoms with Gasteiger partial charge in [-0.1, -0.05) is 24.3 Å². The zero-order chi connectivity index (χ0) is 24.9. The average molecular weight is 518 g/mol. The minimum atomic E-state index is -0.0567. The van der Waals surface area contributed by atoms with E-state index in [1.165, 1.54) is 0 Å². The molecule has 0 bridgehead atoms. The summed E-state index contributed by atoms with van der Waals surface area (Å²) < 4.78 is 0. The van der Waals surface area contributed by atoms with E-state index >= 15 is 0 Å². The Bertz CT molecular complexity index is 1410. The third-order valence-electron chi connectivity index (χ3n) is 6.00. The first-order valence-corrected chi connectivity index (χ1v) is 13.8. The first-order chi connectivity index (χ1) is 17.5. The zero-order valence-corrected chi connectivity index (χ0v) is 21.5. The van der Waals surface area contributed by atoms with E-state index in [0.29, 0.717) is 6.42 Å². The van der Waals surface area contributed by atoms with Crippen LogP contribution in [-0.2, 0) is 11.2 Å². The van der Waals surface area contributed by atoms with E-state index in [1.54, 1.807) is 11.3 Å². The summed E-state index contributed by atoms with van der Waals surface area (Å²) in [6.07, 6.45) is 4.27. The van der Waals surface area contributed by atoms with Crippen LogP contribution in [0.2, 0.25) is 0 Å². The summed E-state index contributed by atoms with van der Waals surface area (Å²) in [5.41, 5.74) is 5.15. The van der Waals surface area contributed by atoms with Gasteiger partial charge in [-0.05, 0) is 59.8 Å². The van der Waals surface area contributed by atoms with Crippen LogP contribution in [0.4, 0.5) is 16.2 Å². The number of aryl methyl sites for hydroxylation is 1. The minimum Gasteiger partial charge on any atom is -0.326 e. The van der Waals surface area contributed by atoms with Crippen molar-refractivity contribution in [2.45, 2.75) is 13.3 Å². The summed E-state index contributed by atoms with van der Waals surface area (Å²) in [5, 5.41) is 16.5. The summed E-state index contributed by atoms with van der Waals surface area (Å²) in [6, 6.07) is 15.6. The molecule has 0 saturated carbocycles. The van der Waals surface area contributed by atoms with Crippen molar-refractivity contribution in [1.29, 1.82) is 0 Å². The Hall–Kier alpha value is -3.56. The molecule has 1 aliphatic heterocycles. The molecule has 9 heteroatoms. The lowest BCUT2D eigenvalue weighted by Gasteiger charge is -2.26. The van der Waals surface area contributed by atoms with Gasteiger partial charge in [0.05, 0.1) is 17.6 Å². The van der Waals surface area contributed by atoms with Gasteiger partial charge in [-0.2, -0.15) is 16.9 Å². The van der Waals surface area contributed by atoms with Gasteiger partial charge in [0, 0.05) is 46.2 Å². The Morgan fingerprint density at radius 3 is 2.75 bits per heavy atom. The number of urea groups is 1. The number of anilines is 2. The lowest BCUT2D eigenvalue weighted by Crippen LogP contribution is -2.40. The van der Waals surface area contributed by atoms with Crippen LogP contribution in [0.5, 0.6) is 0 Å². The molecule has 0 aliphatic carbocycles. The van der Waals surface area contributed by atoms with Crippen LogP contribution in [0.25, 0.3) is 23.1 Å². The van der Waals surface area contributed by atoms with E-state index in [4.69, 9.17) is 0 Å². The number of thioether (sulfide) groups is 1. The molecule has 3 heterocycles. The molecule has 0 spiro atoms. The van der Waals surface area contributed by atoms with Gasteiger partial charge in [0.2, 0.25) is 5.91 Å². The first kappa shape index (κ1) is 24.1. The lowest BCUT2D eigenvalue weighted by molar-refractivity contribution is -0.115. The van der Waals surface area contributed by atoms with Gasteiger partial charge in [-0.3, -0.25) is 9.89 Å². The fraction of sp³-hybridized carbons (Fsp3) is 0.222. The Kier molecular flexibility index (Phi) is 7.39. The highest BCUT2D eigenvalue weighted by Gasteiger charge is 2.16. The number of thiophene rings is 1. The highest BCUT2D eigenvalue weighted by atomic mass is 32.2. The monoisotopic (exact) mass is 517 g/mol. The van der Waals surface area contributed by atoms with E-state index < -0.39 is 0 Å². The second-order valence-electron chi connectivity index (χ2n) is 8.61. The van der Waals surface area contributed by atoms with E-state index in [1.807, 2.05) is 89.6 Å². The van der Waals surface area contributed by atoms with Crippen molar-refractivity contribution in [2.24, 2.45) is 0 Å². The molecule has 0 unspecified atom stereocenters. The predicted octanol–water partition coefficient (Wildman–Crippen LogP) is 5.87. The Balaban J connectivity index is 1.30. The van der Waals surface area contributed by atoms with Crippen molar-refractivity contribution in [2.75, 3.05) is 35.2 Å². The third kappa shape index (κ3) is 5.80. The second kappa shape index (κ2) is 11.0.